The average Bonchev–Trinajstić information content (AvgIpc) is 2.31. The Morgan fingerprint density at radius 2 is 1.94 bits per heavy atom. The van der Waals surface area contributed by atoms with Crippen LogP contribution in [0, 0.1) is 17.8 Å². The summed E-state index contributed by atoms with van der Waals surface area (Å²) in [4.78, 5) is 0. The van der Waals surface area contributed by atoms with Crippen LogP contribution in [0.5, 0.6) is 5.75 Å². The molecular formula is C15H21NO. The van der Waals surface area contributed by atoms with Gasteiger partial charge in [-0.1, -0.05) is 31.9 Å². The second-order valence-corrected chi connectivity index (χ2v) is 4.38. The summed E-state index contributed by atoms with van der Waals surface area (Å²) in [5.41, 5.74) is 1.28. The first kappa shape index (κ1) is 13.6. The first-order chi connectivity index (χ1) is 8.22. The minimum absolute atomic E-state index is 0.460. The van der Waals surface area contributed by atoms with E-state index in [1.54, 1.807) is 0 Å². The minimum atomic E-state index is 0.460. The fourth-order valence-corrected chi connectivity index (χ4v) is 1.40. The highest BCUT2D eigenvalue weighted by Gasteiger charge is 1.96. The number of hydrogen-bond acceptors (Lipinski definition) is 2. The standard InChI is InChI=1S/C15H21NO/c1-4-5-10-17-15-8-6-14(7-9-15)12-16-11-13(2)3/h6-9,13,16H,10-12H2,1-3H3. The van der Waals surface area contributed by atoms with Gasteiger partial charge in [-0.3, -0.25) is 0 Å². The Morgan fingerprint density at radius 1 is 1.24 bits per heavy atom. The van der Waals surface area contributed by atoms with Gasteiger partial charge < -0.3 is 10.1 Å². The summed E-state index contributed by atoms with van der Waals surface area (Å²) in [6, 6.07) is 8.15. The van der Waals surface area contributed by atoms with Crippen molar-refractivity contribution in [1.29, 1.82) is 0 Å². The topological polar surface area (TPSA) is 21.3 Å². The molecule has 0 unspecified atom stereocenters. The van der Waals surface area contributed by atoms with Gasteiger partial charge in [-0.15, -0.1) is 5.92 Å². The van der Waals surface area contributed by atoms with Crippen LogP contribution in [0.15, 0.2) is 24.3 Å². The molecule has 0 aliphatic rings. The van der Waals surface area contributed by atoms with E-state index in [0.717, 1.165) is 18.8 Å². The van der Waals surface area contributed by atoms with Gasteiger partial charge in [-0.2, -0.15) is 0 Å². The molecule has 0 aliphatic carbocycles. The van der Waals surface area contributed by atoms with Crippen molar-refractivity contribution < 1.29 is 4.74 Å². The van der Waals surface area contributed by atoms with Gasteiger partial charge in [-0.05, 0) is 37.1 Å². The van der Waals surface area contributed by atoms with Crippen LogP contribution >= 0.6 is 0 Å². The maximum absolute atomic E-state index is 5.45. The molecule has 0 saturated heterocycles. The van der Waals surface area contributed by atoms with Gasteiger partial charge in [0.25, 0.3) is 0 Å². The molecule has 1 rings (SSSR count). The highest BCUT2D eigenvalue weighted by molar-refractivity contribution is 5.27. The number of ether oxygens (including phenoxy) is 1. The molecule has 2 heteroatoms. The van der Waals surface area contributed by atoms with Gasteiger partial charge in [-0.25, -0.2) is 0 Å². The molecule has 0 atom stereocenters. The zero-order valence-electron chi connectivity index (χ0n) is 10.9. The molecule has 0 amide bonds. The third-order valence-corrected chi connectivity index (χ3v) is 2.29. The van der Waals surface area contributed by atoms with Crippen molar-refractivity contribution in [3.63, 3.8) is 0 Å². The fraction of sp³-hybridized carbons (Fsp3) is 0.467. The Morgan fingerprint density at radius 3 is 2.53 bits per heavy atom. The Kier molecular flexibility index (Phi) is 6.21. The molecule has 92 valence electrons. The van der Waals surface area contributed by atoms with Crippen molar-refractivity contribution in [3.05, 3.63) is 29.8 Å². The maximum atomic E-state index is 5.45. The van der Waals surface area contributed by atoms with E-state index in [0.29, 0.717) is 12.5 Å². The van der Waals surface area contributed by atoms with Crippen molar-refractivity contribution in [3.8, 4) is 17.6 Å². The summed E-state index contributed by atoms with van der Waals surface area (Å²) in [5, 5.41) is 3.41. The van der Waals surface area contributed by atoms with Gasteiger partial charge in [0.1, 0.15) is 12.4 Å². The number of hydrogen-bond donors (Lipinski definition) is 1. The zero-order chi connectivity index (χ0) is 12.5. The monoisotopic (exact) mass is 231 g/mol. The molecule has 1 aromatic carbocycles. The van der Waals surface area contributed by atoms with Gasteiger partial charge in [0.15, 0.2) is 0 Å². The minimum Gasteiger partial charge on any atom is -0.481 e. The SMILES string of the molecule is CC#CCOc1ccc(CNCC(C)C)cc1. The van der Waals surface area contributed by atoms with Gasteiger partial charge in [0.05, 0.1) is 0 Å². The van der Waals surface area contributed by atoms with E-state index in [9.17, 15) is 0 Å². The van der Waals surface area contributed by atoms with E-state index in [1.807, 2.05) is 19.1 Å². The lowest BCUT2D eigenvalue weighted by Crippen LogP contribution is -2.18. The third-order valence-electron chi connectivity index (χ3n) is 2.29. The number of benzene rings is 1. The van der Waals surface area contributed by atoms with Crippen LogP contribution in [0.4, 0.5) is 0 Å². The Balaban J connectivity index is 2.35. The largest absolute Gasteiger partial charge is 0.481 e. The van der Waals surface area contributed by atoms with E-state index in [2.05, 4.69) is 43.1 Å². The van der Waals surface area contributed by atoms with Crippen molar-refractivity contribution in [2.75, 3.05) is 13.2 Å². The first-order valence-corrected chi connectivity index (χ1v) is 6.04. The number of rotatable bonds is 6. The molecule has 17 heavy (non-hydrogen) atoms. The second-order valence-electron chi connectivity index (χ2n) is 4.38. The van der Waals surface area contributed by atoms with Crippen molar-refractivity contribution >= 4 is 0 Å². The predicted octanol–water partition coefficient (Wildman–Crippen LogP) is 2.83. The lowest BCUT2D eigenvalue weighted by molar-refractivity contribution is 0.370. The van der Waals surface area contributed by atoms with Gasteiger partial charge in [0.2, 0.25) is 0 Å². The Bertz CT molecular complexity index is 370. The van der Waals surface area contributed by atoms with E-state index in [4.69, 9.17) is 4.74 Å². The molecule has 0 aliphatic heterocycles. The fourth-order valence-electron chi connectivity index (χ4n) is 1.40. The quantitative estimate of drug-likeness (QED) is 0.760. The van der Waals surface area contributed by atoms with Crippen LogP contribution in [-0.2, 0) is 6.54 Å². The zero-order valence-corrected chi connectivity index (χ0v) is 10.9. The lowest BCUT2D eigenvalue weighted by atomic mass is 10.2. The molecule has 0 radical (unpaired) electrons. The third kappa shape index (κ3) is 5.99. The lowest BCUT2D eigenvalue weighted by Gasteiger charge is -2.08. The molecule has 0 spiro atoms. The summed E-state index contributed by atoms with van der Waals surface area (Å²) in [6.45, 7) is 8.64. The average molecular weight is 231 g/mol. The van der Waals surface area contributed by atoms with Crippen LogP contribution in [0.3, 0.4) is 0 Å². The molecular weight excluding hydrogens is 210 g/mol. The van der Waals surface area contributed by atoms with E-state index in [-0.39, 0.29) is 0 Å². The molecule has 1 aromatic rings. The summed E-state index contributed by atoms with van der Waals surface area (Å²) in [7, 11) is 0. The van der Waals surface area contributed by atoms with E-state index < -0.39 is 0 Å². The summed E-state index contributed by atoms with van der Waals surface area (Å²) < 4.78 is 5.45. The second kappa shape index (κ2) is 7.76. The van der Waals surface area contributed by atoms with E-state index in [1.165, 1.54) is 5.56 Å². The summed E-state index contributed by atoms with van der Waals surface area (Å²) >= 11 is 0. The van der Waals surface area contributed by atoms with Crippen molar-refractivity contribution in [2.24, 2.45) is 5.92 Å². The number of nitrogens with one attached hydrogen (secondary N) is 1. The van der Waals surface area contributed by atoms with Crippen molar-refractivity contribution in [2.45, 2.75) is 27.3 Å². The van der Waals surface area contributed by atoms with Crippen LogP contribution in [-0.4, -0.2) is 13.2 Å². The molecule has 0 saturated carbocycles. The molecule has 0 aromatic heterocycles. The van der Waals surface area contributed by atoms with E-state index >= 15 is 0 Å². The highest BCUT2D eigenvalue weighted by Crippen LogP contribution is 2.11. The molecule has 0 fully saturated rings. The molecule has 1 N–H and O–H groups in total. The first-order valence-electron chi connectivity index (χ1n) is 6.04. The molecule has 2 nitrogen and oxygen atoms in total. The maximum Gasteiger partial charge on any atom is 0.149 e. The highest BCUT2D eigenvalue weighted by atomic mass is 16.5. The summed E-state index contributed by atoms with van der Waals surface area (Å²) in [5.74, 6) is 7.24. The van der Waals surface area contributed by atoms with Crippen LogP contribution in [0.25, 0.3) is 0 Å². The van der Waals surface area contributed by atoms with Gasteiger partial charge >= 0.3 is 0 Å². The van der Waals surface area contributed by atoms with Gasteiger partial charge in [0, 0.05) is 6.54 Å². The smallest absolute Gasteiger partial charge is 0.149 e. The normalized spacial score (nSPS) is 9.88. The van der Waals surface area contributed by atoms with Crippen molar-refractivity contribution in [1.82, 2.24) is 5.32 Å². The van der Waals surface area contributed by atoms with Crippen LogP contribution < -0.4 is 10.1 Å². The summed E-state index contributed by atoms with van der Waals surface area (Å²) in [6.07, 6.45) is 0. The molecule has 0 bridgehead atoms. The predicted molar refractivity (Wildman–Crippen MR) is 71.9 cm³/mol. The Labute approximate surface area is 104 Å². The molecule has 0 heterocycles. The van der Waals surface area contributed by atoms with Crippen LogP contribution in [0.1, 0.15) is 26.3 Å². The Hall–Kier alpha value is -1.46. The van der Waals surface area contributed by atoms with Crippen LogP contribution in [0.2, 0.25) is 0 Å².